The molecule has 0 atom stereocenters. The Balaban J connectivity index is 4.12. The van der Waals surface area contributed by atoms with E-state index >= 15 is 0 Å². The number of rotatable bonds is 11. The van der Waals surface area contributed by atoms with Crippen LogP contribution in [0.3, 0.4) is 0 Å². The fraction of sp³-hybridized carbons (Fsp3) is 1.00. The van der Waals surface area contributed by atoms with Gasteiger partial charge in [-0.25, -0.2) is 0 Å². The van der Waals surface area contributed by atoms with Crippen molar-refractivity contribution in [2.45, 2.75) is 20.8 Å². The van der Waals surface area contributed by atoms with Crippen molar-refractivity contribution in [3.8, 4) is 0 Å². The zero-order valence-electron chi connectivity index (χ0n) is 10.8. The first-order valence-corrected chi connectivity index (χ1v) is 7.66. The third-order valence-electron chi connectivity index (χ3n) is 1.80. The molecule has 0 rings (SSSR count). The molecule has 0 radical (unpaired) electrons. The zero-order chi connectivity index (χ0) is 12.3. The molecule has 0 amide bonds. The van der Waals surface area contributed by atoms with Gasteiger partial charge in [-0.05, 0) is 20.8 Å². The van der Waals surface area contributed by atoms with Crippen molar-refractivity contribution in [3.63, 3.8) is 0 Å². The van der Waals surface area contributed by atoms with Gasteiger partial charge in [-0.3, -0.25) is 0 Å². The van der Waals surface area contributed by atoms with Crippen molar-refractivity contribution >= 4 is 8.80 Å². The number of hydrogen-bond donors (Lipinski definition) is 0. The summed E-state index contributed by atoms with van der Waals surface area (Å²) in [5.41, 5.74) is 0. The molecule has 0 saturated heterocycles. The SMILES string of the molecule is CCO[Si](COCCOC)(OCC)OCC. The summed E-state index contributed by atoms with van der Waals surface area (Å²) in [6, 6.07) is 0. The van der Waals surface area contributed by atoms with Crippen LogP contribution in [0, 0.1) is 0 Å². The van der Waals surface area contributed by atoms with Crippen molar-refractivity contribution in [2.24, 2.45) is 0 Å². The van der Waals surface area contributed by atoms with Gasteiger partial charge in [0, 0.05) is 26.9 Å². The molecule has 0 aromatic rings. The van der Waals surface area contributed by atoms with Crippen LogP contribution in [0.1, 0.15) is 20.8 Å². The lowest BCUT2D eigenvalue weighted by Crippen LogP contribution is -2.51. The maximum Gasteiger partial charge on any atom is 0.528 e. The summed E-state index contributed by atoms with van der Waals surface area (Å²) in [6.45, 7) is 8.58. The van der Waals surface area contributed by atoms with Gasteiger partial charge < -0.3 is 22.8 Å². The molecule has 0 heterocycles. The second kappa shape index (κ2) is 10.2. The minimum Gasteiger partial charge on any atom is -0.382 e. The average Bonchev–Trinajstić information content (AvgIpc) is 2.26. The number of ether oxygens (including phenoxy) is 2. The van der Waals surface area contributed by atoms with Crippen molar-refractivity contribution < 1.29 is 22.8 Å². The molecule has 6 heteroatoms. The van der Waals surface area contributed by atoms with Gasteiger partial charge in [0.1, 0.15) is 6.23 Å². The first kappa shape index (κ1) is 16.0. The maximum absolute atomic E-state index is 5.62. The Bertz CT molecular complexity index is 139. The van der Waals surface area contributed by atoms with E-state index in [1.807, 2.05) is 20.8 Å². The standard InChI is InChI=1S/C10H24O5Si/c1-5-13-16(14-6-2,15-7-3)10-12-9-8-11-4/h5-10H2,1-4H3. The molecule has 0 unspecified atom stereocenters. The first-order chi connectivity index (χ1) is 7.74. The van der Waals surface area contributed by atoms with E-state index < -0.39 is 8.80 Å². The van der Waals surface area contributed by atoms with E-state index in [9.17, 15) is 0 Å². The number of hydrogen-bond acceptors (Lipinski definition) is 5. The van der Waals surface area contributed by atoms with Crippen LogP contribution in [0.15, 0.2) is 0 Å². The van der Waals surface area contributed by atoms with Gasteiger partial charge >= 0.3 is 8.80 Å². The summed E-state index contributed by atoms with van der Waals surface area (Å²) in [5, 5.41) is 0. The Morgan fingerprint density at radius 3 is 1.69 bits per heavy atom. The average molecular weight is 252 g/mol. The first-order valence-electron chi connectivity index (χ1n) is 5.73. The lowest BCUT2D eigenvalue weighted by atomic mass is 10.8. The van der Waals surface area contributed by atoms with E-state index in [0.717, 1.165) is 0 Å². The largest absolute Gasteiger partial charge is 0.528 e. The summed E-state index contributed by atoms with van der Waals surface area (Å²) in [4.78, 5) is 0. The highest BCUT2D eigenvalue weighted by atomic mass is 28.4. The molecule has 0 aliphatic rings. The Labute approximate surface area is 99.3 Å². The molecule has 0 N–H and O–H groups in total. The monoisotopic (exact) mass is 252 g/mol. The molecule has 98 valence electrons. The van der Waals surface area contributed by atoms with E-state index in [-0.39, 0.29) is 0 Å². The van der Waals surface area contributed by atoms with Crippen LogP contribution in [0.4, 0.5) is 0 Å². The summed E-state index contributed by atoms with van der Waals surface area (Å²) >= 11 is 0. The topological polar surface area (TPSA) is 46.2 Å². The molecule has 0 bridgehead atoms. The van der Waals surface area contributed by atoms with Crippen LogP contribution >= 0.6 is 0 Å². The third kappa shape index (κ3) is 6.57. The highest BCUT2D eigenvalue weighted by Gasteiger charge is 2.41. The molecule has 0 aromatic carbocycles. The Morgan fingerprint density at radius 2 is 1.31 bits per heavy atom. The normalized spacial score (nSPS) is 12.0. The summed E-state index contributed by atoms with van der Waals surface area (Å²) in [6.07, 6.45) is 0.381. The van der Waals surface area contributed by atoms with Crippen molar-refractivity contribution in [2.75, 3.05) is 46.4 Å². The van der Waals surface area contributed by atoms with Gasteiger partial charge in [0.15, 0.2) is 0 Å². The van der Waals surface area contributed by atoms with Gasteiger partial charge in [0.05, 0.1) is 13.2 Å². The molecule has 0 aliphatic heterocycles. The summed E-state index contributed by atoms with van der Waals surface area (Å²) in [7, 11) is -0.983. The van der Waals surface area contributed by atoms with E-state index in [1.165, 1.54) is 0 Å². The van der Waals surface area contributed by atoms with Crippen LogP contribution in [0.5, 0.6) is 0 Å². The lowest BCUT2D eigenvalue weighted by Gasteiger charge is -2.27. The van der Waals surface area contributed by atoms with E-state index in [0.29, 0.717) is 39.3 Å². The molecule has 0 spiro atoms. The lowest BCUT2D eigenvalue weighted by molar-refractivity contribution is 0.0180. The summed E-state index contributed by atoms with van der Waals surface area (Å²) in [5.74, 6) is 0. The quantitative estimate of drug-likeness (QED) is 0.409. The van der Waals surface area contributed by atoms with Gasteiger partial charge in [-0.2, -0.15) is 0 Å². The molecule has 0 aromatic heterocycles. The fourth-order valence-corrected chi connectivity index (χ4v) is 3.46. The smallest absolute Gasteiger partial charge is 0.382 e. The van der Waals surface area contributed by atoms with Crippen molar-refractivity contribution in [1.82, 2.24) is 0 Å². The predicted molar refractivity (Wildman–Crippen MR) is 63.3 cm³/mol. The highest BCUT2D eigenvalue weighted by Crippen LogP contribution is 2.10. The molecule has 5 nitrogen and oxygen atoms in total. The second-order valence-corrected chi connectivity index (χ2v) is 5.55. The van der Waals surface area contributed by atoms with E-state index in [1.54, 1.807) is 7.11 Å². The Hall–Kier alpha value is 0.0169. The summed E-state index contributed by atoms with van der Waals surface area (Å²) < 4.78 is 27.2. The van der Waals surface area contributed by atoms with Crippen LogP contribution in [-0.4, -0.2) is 55.2 Å². The van der Waals surface area contributed by atoms with Gasteiger partial charge in [-0.1, -0.05) is 0 Å². The highest BCUT2D eigenvalue weighted by molar-refractivity contribution is 6.60. The van der Waals surface area contributed by atoms with E-state index in [4.69, 9.17) is 22.8 Å². The van der Waals surface area contributed by atoms with Crippen molar-refractivity contribution in [1.29, 1.82) is 0 Å². The van der Waals surface area contributed by atoms with E-state index in [2.05, 4.69) is 0 Å². The molecule has 0 saturated carbocycles. The Morgan fingerprint density at radius 1 is 0.812 bits per heavy atom. The Kier molecular flexibility index (Phi) is 10.2. The van der Waals surface area contributed by atoms with Gasteiger partial charge in [0.25, 0.3) is 0 Å². The van der Waals surface area contributed by atoms with Crippen LogP contribution in [0.2, 0.25) is 0 Å². The maximum atomic E-state index is 5.62. The third-order valence-corrected chi connectivity index (χ3v) is 4.55. The second-order valence-electron chi connectivity index (χ2n) is 3.03. The molecule has 16 heavy (non-hydrogen) atoms. The van der Waals surface area contributed by atoms with Crippen LogP contribution in [0.25, 0.3) is 0 Å². The molecular weight excluding hydrogens is 228 g/mol. The van der Waals surface area contributed by atoms with Crippen molar-refractivity contribution in [3.05, 3.63) is 0 Å². The molecular formula is C10H24O5Si. The molecule has 0 fully saturated rings. The van der Waals surface area contributed by atoms with Gasteiger partial charge in [-0.15, -0.1) is 0 Å². The fourth-order valence-electron chi connectivity index (χ4n) is 1.25. The van der Waals surface area contributed by atoms with Crippen LogP contribution < -0.4 is 0 Å². The van der Waals surface area contributed by atoms with Gasteiger partial charge in [0.2, 0.25) is 0 Å². The predicted octanol–water partition coefficient (Wildman–Crippen LogP) is 1.24. The molecule has 0 aliphatic carbocycles. The minimum absolute atomic E-state index is 0.381. The minimum atomic E-state index is -2.62. The van der Waals surface area contributed by atoms with Crippen LogP contribution in [-0.2, 0) is 22.8 Å². The zero-order valence-corrected chi connectivity index (χ0v) is 11.8. The number of methoxy groups -OCH3 is 1.